The number of carbonyl (C=O) groups excluding carboxylic acids is 1. The SMILES string of the molecule is NCCC(=O)Nc1ccc(N2CCN(Cc3ccccc3)CC2)nc1. The van der Waals surface area contributed by atoms with E-state index >= 15 is 0 Å². The molecule has 0 spiro atoms. The second-order valence-electron chi connectivity index (χ2n) is 6.24. The van der Waals surface area contributed by atoms with E-state index in [0.717, 1.165) is 38.5 Å². The zero-order chi connectivity index (χ0) is 17.5. The number of hydrogen-bond donors (Lipinski definition) is 2. The molecule has 6 heteroatoms. The van der Waals surface area contributed by atoms with Crippen LogP contribution in [0.4, 0.5) is 11.5 Å². The van der Waals surface area contributed by atoms with Crippen molar-refractivity contribution >= 4 is 17.4 Å². The molecule has 0 bridgehead atoms. The van der Waals surface area contributed by atoms with Gasteiger partial charge < -0.3 is 16.0 Å². The van der Waals surface area contributed by atoms with E-state index < -0.39 is 0 Å². The third-order valence-corrected chi connectivity index (χ3v) is 4.35. The van der Waals surface area contributed by atoms with E-state index in [2.05, 4.69) is 50.4 Å². The highest BCUT2D eigenvalue weighted by atomic mass is 16.1. The summed E-state index contributed by atoms with van der Waals surface area (Å²) in [5, 5.41) is 2.80. The first-order chi connectivity index (χ1) is 12.2. The van der Waals surface area contributed by atoms with Gasteiger partial charge in [0.1, 0.15) is 5.82 Å². The van der Waals surface area contributed by atoms with Crippen molar-refractivity contribution < 1.29 is 4.79 Å². The quantitative estimate of drug-likeness (QED) is 0.838. The lowest BCUT2D eigenvalue weighted by Crippen LogP contribution is -2.46. The van der Waals surface area contributed by atoms with Gasteiger partial charge >= 0.3 is 0 Å². The van der Waals surface area contributed by atoms with Crippen LogP contribution in [0, 0.1) is 0 Å². The highest BCUT2D eigenvalue weighted by Gasteiger charge is 2.18. The average Bonchev–Trinajstić information content (AvgIpc) is 2.64. The molecule has 0 unspecified atom stereocenters. The molecule has 0 saturated carbocycles. The van der Waals surface area contributed by atoms with E-state index in [-0.39, 0.29) is 5.91 Å². The number of amides is 1. The number of piperazine rings is 1. The van der Waals surface area contributed by atoms with E-state index in [0.29, 0.717) is 18.7 Å². The molecule has 132 valence electrons. The van der Waals surface area contributed by atoms with Gasteiger partial charge in [-0.05, 0) is 17.7 Å². The van der Waals surface area contributed by atoms with Crippen LogP contribution >= 0.6 is 0 Å². The van der Waals surface area contributed by atoms with Crippen molar-refractivity contribution in [2.45, 2.75) is 13.0 Å². The molecule has 1 amide bonds. The van der Waals surface area contributed by atoms with E-state index in [9.17, 15) is 4.79 Å². The molecule has 3 N–H and O–H groups in total. The van der Waals surface area contributed by atoms with Gasteiger partial charge in [-0.15, -0.1) is 0 Å². The monoisotopic (exact) mass is 339 g/mol. The minimum absolute atomic E-state index is 0.0772. The maximum absolute atomic E-state index is 11.6. The summed E-state index contributed by atoms with van der Waals surface area (Å²) in [4.78, 5) is 20.8. The molecule has 3 rings (SSSR count). The molecule has 0 radical (unpaired) electrons. The number of nitrogens with one attached hydrogen (secondary N) is 1. The van der Waals surface area contributed by atoms with Crippen LogP contribution in [-0.4, -0.2) is 48.5 Å². The Labute approximate surface area is 148 Å². The number of nitrogens with two attached hydrogens (primary N) is 1. The van der Waals surface area contributed by atoms with Crippen LogP contribution in [-0.2, 0) is 11.3 Å². The van der Waals surface area contributed by atoms with Crippen molar-refractivity contribution in [2.24, 2.45) is 5.73 Å². The summed E-state index contributed by atoms with van der Waals surface area (Å²) in [5.74, 6) is 0.878. The first-order valence-corrected chi connectivity index (χ1v) is 8.72. The molecule has 0 aliphatic carbocycles. The van der Waals surface area contributed by atoms with Crippen LogP contribution in [0.15, 0.2) is 48.7 Å². The zero-order valence-electron chi connectivity index (χ0n) is 14.4. The van der Waals surface area contributed by atoms with Gasteiger partial charge in [-0.2, -0.15) is 0 Å². The van der Waals surface area contributed by atoms with Crippen LogP contribution in [0.1, 0.15) is 12.0 Å². The summed E-state index contributed by atoms with van der Waals surface area (Å²) in [6, 6.07) is 14.4. The predicted octanol–water partition coefficient (Wildman–Crippen LogP) is 1.69. The number of aromatic nitrogens is 1. The maximum Gasteiger partial charge on any atom is 0.225 e. The molecule has 1 aliphatic rings. The van der Waals surface area contributed by atoms with Gasteiger partial charge in [0.2, 0.25) is 5.91 Å². The van der Waals surface area contributed by atoms with E-state index in [1.807, 2.05) is 12.1 Å². The molecular weight excluding hydrogens is 314 g/mol. The van der Waals surface area contributed by atoms with Crippen molar-refractivity contribution in [2.75, 3.05) is 42.9 Å². The van der Waals surface area contributed by atoms with Crippen molar-refractivity contribution in [3.8, 4) is 0 Å². The molecule has 1 aromatic carbocycles. The fraction of sp³-hybridized carbons (Fsp3) is 0.368. The minimum Gasteiger partial charge on any atom is -0.354 e. The standard InChI is InChI=1S/C19H25N5O/c20-9-8-19(25)22-17-6-7-18(21-14-17)24-12-10-23(11-13-24)15-16-4-2-1-3-5-16/h1-7,14H,8-13,15,20H2,(H,22,25). The fourth-order valence-electron chi connectivity index (χ4n) is 2.98. The molecule has 2 aromatic rings. The molecular formula is C19H25N5O. The van der Waals surface area contributed by atoms with Crippen molar-refractivity contribution in [1.29, 1.82) is 0 Å². The lowest BCUT2D eigenvalue weighted by Gasteiger charge is -2.35. The van der Waals surface area contributed by atoms with Crippen LogP contribution in [0.25, 0.3) is 0 Å². The van der Waals surface area contributed by atoms with E-state index in [1.165, 1.54) is 5.56 Å². The number of anilines is 2. The third kappa shape index (κ3) is 5.01. The maximum atomic E-state index is 11.6. The largest absolute Gasteiger partial charge is 0.354 e. The van der Waals surface area contributed by atoms with E-state index in [4.69, 9.17) is 5.73 Å². The summed E-state index contributed by atoms with van der Waals surface area (Å²) < 4.78 is 0. The van der Waals surface area contributed by atoms with Crippen molar-refractivity contribution in [3.05, 3.63) is 54.2 Å². The molecule has 0 atom stereocenters. The average molecular weight is 339 g/mol. The number of nitrogens with zero attached hydrogens (tertiary/aromatic N) is 3. The van der Waals surface area contributed by atoms with Gasteiger partial charge in [0.25, 0.3) is 0 Å². The lowest BCUT2D eigenvalue weighted by atomic mass is 10.2. The zero-order valence-corrected chi connectivity index (χ0v) is 14.4. The van der Waals surface area contributed by atoms with Gasteiger partial charge in [0, 0.05) is 45.7 Å². The first kappa shape index (κ1) is 17.4. The normalized spacial score (nSPS) is 15.2. The lowest BCUT2D eigenvalue weighted by molar-refractivity contribution is -0.116. The Morgan fingerprint density at radius 1 is 1.08 bits per heavy atom. The Balaban J connectivity index is 1.50. The second kappa shape index (κ2) is 8.60. The summed E-state index contributed by atoms with van der Waals surface area (Å²) >= 11 is 0. The van der Waals surface area contributed by atoms with Gasteiger partial charge in [0.05, 0.1) is 11.9 Å². The third-order valence-electron chi connectivity index (χ3n) is 4.35. The van der Waals surface area contributed by atoms with Gasteiger partial charge in [-0.3, -0.25) is 9.69 Å². The van der Waals surface area contributed by atoms with Gasteiger partial charge in [-0.1, -0.05) is 30.3 Å². The van der Waals surface area contributed by atoms with Crippen LogP contribution in [0.5, 0.6) is 0 Å². The molecule has 6 nitrogen and oxygen atoms in total. The molecule has 25 heavy (non-hydrogen) atoms. The van der Waals surface area contributed by atoms with Crippen LogP contribution < -0.4 is 16.0 Å². The summed E-state index contributed by atoms with van der Waals surface area (Å²) in [6.07, 6.45) is 2.03. The predicted molar refractivity (Wildman–Crippen MR) is 100 cm³/mol. The highest BCUT2D eigenvalue weighted by Crippen LogP contribution is 2.17. The number of benzene rings is 1. The molecule has 1 fully saturated rings. The smallest absolute Gasteiger partial charge is 0.225 e. The highest BCUT2D eigenvalue weighted by molar-refractivity contribution is 5.90. The summed E-state index contributed by atoms with van der Waals surface area (Å²) in [5.41, 5.74) is 7.44. The second-order valence-corrected chi connectivity index (χ2v) is 6.24. The Morgan fingerprint density at radius 3 is 2.48 bits per heavy atom. The van der Waals surface area contributed by atoms with E-state index in [1.54, 1.807) is 6.20 Å². The molecule has 1 saturated heterocycles. The number of carbonyl (C=O) groups is 1. The summed E-state index contributed by atoms with van der Waals surface area (Å²) in [6.45, 7) is 5.30. The number of rotatable bonds is 6. The Kier molecular flexibility index (Phi) is 5.98. The van der Waals surface area contributed by atoms with Crippen molar-refractivity contribution in [1.82, 2.24) is 9.88 Å². The fourth-order valence-corrected chi connectivity index (χ4v) is 2.98. The van der Waals surface area contributed by atoms with Gasteiger partial charge in [-0.25, -0.2) is 4.98 Å². The summed E-state index contributed by atoms with van der Waals surface area (Å²) in [7, 11) is 0. The van der Waals surface area contributed by atoms with Crippen LogP contribution in [0.3, 0.4) is 0 Å². The van der Waals surface area contributed by atoms with Crippen molar-refractivity contribution in [3.63, 3.8) is 0 Å². The number of pyridine rings is 1. The number of hydrogen-bond acceptors (Lipinski definition) is 5. The first-order valence-electron chi connectivity index (χ1n) is 8.72. The van der Waals surface area contributed by atoms with Gasteiger partial charge in [0.15, 0.2) is 0 Å². The topological polar surface area (TPSA) is 74.5 Å². The molecule has 1 aromatic heterocycles. The van der Waals surface area contributed by atoms with Crippen LogP contribution in [0.2, 0.25) is 0 Å². The Morgan fingerprint density at radius 2 is 1.84 bits per heavy atom. The Hall–Kier alpha value is -2.44. The molecule has 2 heterocycles. The minimum atomic E-state index is -0.0772. The molecule has 1 aliphatic heterocycles. The Bertz CT molecular complexity index is 666.